The molecule has 6 heteroatoms. The second-order valence-corrected chi connectivity index (χ2v) is 6.88. The van der Waals surface area contributed by atoms with Crippen LogP contribution in [0.3, 0.4) is 0 Å². The molecule has 0 radical (unpaired) electrons. The monoisotopic (exact) mass is 365 g/mol. The normalized spacial score (nSPS) is 18.8. The first kappa shape index (κ1) is 14.7. The van der Waals surface area contributed by atoms with Gasteiger partial charge in [0.15, 0.2) is 5.13 Å². The summed E-state index contributed by atoms with van der Waals surface area (Å²) in [5.74, 6) is 0.00634. The lowest BCUT2D eigenvalue weighted by atomic mass is 10.0. The van der Waals surface area contributed by atoms with Crippen molar-refractivity contribution in [3.05, 3.63) is 45.9 Å². The molecule has 0 bridgehead atoms. The number of anilines is 1. The van der Waals surface area contributed by atoms with Crippen LogP contribution in [0.4, 0.5) is 5.13 Å². The fraction of sp³-hybridized carbons (Fsp3) is 0.333. The van der Waals surface area contributed by atoms with Crippen LogP contribution >= 0.6 is 27.3 Å². The number of rotatable bonds is 4. The fourth-order valence-corrected chi connectivity index (χ4v) is 3.70. The highest BCUT2D eigenvalue weighted by Crippen LogP contribution is 2.32. The van der Waals surface area contributed by atoms with Gasteiger partial charge in [-0.15, -0.1) is 11.3 Å². The van der Waals surface area contributed by atoms with E-state index in [1.807, 2.05) is 17.5 Å². The quantitative estimate of drug-likeness (QED) is 0.898. The van der Waals surface area contributed by atoms with E-state index >= 15 is 0 Å². The minimum absolute atomic E-state index is 0.00634. The van der Waals surface area contributed by atoms with Gasteiger partial charge in [0.25, 0.3) is 0 Å². The zero-order chi connectivity index (χ0) is 14.7. The Balaban J connectivity index is 1.65. The zero-order valence-electron chi connectivity index (χ0n) is 11.5. The van der Waals surface area contributed by atoms with Crippen LogP contribution in [-0.4, -0.2) is 28.9 Å². The fourth-order valence-electron chi connectivity index (χ4n) is 2.74. The van der Waals surface area contributed by atoms with Crippen LogP contribution in [0, 0.1) is 0 Å². The van der Waals surface area contributed by atoms with E-state index in [1.54, 1.807) is 6.20 Å². The molecule has 3 rings (SSSR count). The third-order valence-electron chi connectivity index (χ3n) is 3.62. The molecule has 1 aliphatic heterocycles. The van der Waals surface area contributed by atoms with Crippen LogP contribution in [0.15, 0.2) is 40.3 Å². The SMILES string of the molecule is O=C(CN1CCCC1c1cccc(Br)c1)Nc1nccs1. The smallest absolute Gasteiger partial charge is 0.240 e. The molecule has 1 aromatic carbocycles. The molecular weight excluding hydrogens is 350 g/mol. The van der Waals surface area contributed by atoms with Crippen LogP contribution in [-0.2, 0) is 4.79 Å². The van der Waals surface area contributed by atoms with Gasteiger partial charge >= 0.3 is 0 Å². The van der Waals surface area contributed by atoms with E-state index < -0.39 is 0 Å². The first-order valence-corrected chi connectivity index (χ1v) is 8.58. The van der Waals surface area contributed by atoms with E-state index in [4.69, 9.17) is 0 Å². The first-order valence-electron chi connectivity index (χ1n) is 6.91. The maximum absolute atomic E-state index is 12.1. The molecule has 1 aromatic heterocycles. The summed E-state index contributed by atoms with van der Waals surface area (Å²) in [5.41, 5.74) is 1.27. The van der Waals surface area contributed by atoms with Gasteiger partial charge in [0.05, 0.1) is 6.54 Å². The number of thiazole rings is 1. The Morgan fingerprint density at radius 3 is 3.19 bits per heavy atom. The highest BCUT2D eigenvalue weighted by Gasteiger charge is 2.27. The van der Waals surface area contributed by atoms with Crippen LogP contribution in [0.2, 0.25) is 0 Å². The molecule has 1 saturated heterocycles. The molecule has 0 spiro atoms. The third-order valence-corrected chi connectivity index (χ3v) is 4.80. The van der Waals surface area contributed by atoms with Crippen molar-refractivity contribution in [2.24, 2.45) is 0 Å². The molecule has 1 atom stereocenters. The van der Waals surface area contributed by atoms with Gasteiger partial charge in [-0.25, -0.2) is 4.98 Å². The lowest BCUT2D eigenvalue weighted by Crippen LogP contribution is -2.32. The predicted molar refractivity (Wildman–Crippen MR) is 88.4 cm³/mol. The molecule has 4 nitrogen and oxygen atoms in total. The van der Waals surface area contributed by atoms with Crippen LogP contribution in [0.5, 0.6) is 0 Å². The number of halogens is 1. The van der Waals surface area contributed by atoms with Gasteiger partial charge in [-0.1, -0.05) is 28.1 Å². The van der Waals surface area contributed by atoms with E-state index in [9.17, 15) is 4.79 Å². The topological polar surface area (TPSA) is 45.2 Å². The van der Waals surface area contributed by atoms with Crippen molar-refractivity contribution in [1.29, 1.82) is 0 Å². The van der Waals surface area contributed by atoms with Gasteiger partial charge in [0.1, 0.15) is 0 Å². The maximum Gasteiger partial charge on any atom is 0.240 e. The number of nitrogens with one attached hydrogen (secondary N) is 1. The van der Waals surface area contributed by atoms with Crippen molar-refractivity contribution < 1.29 is 4.79 Å². The van der Waals surface area contributed by atoms with E-state index in [2.05, 4.69) is 43.3 Å². The Bertz CT molecular complexity index is 617. The maximum atomic E-state index is 12.1. The average Bonchev–Trinajstić information content (AvgIpc) is 3.10. The number of amides is 1. The number of carbonyl (C=O) groups is 1. The highest BCUT2D eigenvalue weighted by atomic mass is 79.9. The van der Waals surface area contributed by atoms with Gasteiger partial charge in [-0.3, -0.25) is 9.69 Å². The lowest BCUT2D eigenvalue weighted by Gasteiger charge is -2.24. The summed E-state index contributed by atoms with van der Waals surface area (Å²) in [6.45, 7) is 1.37. The summed E-state index contributed by atoms with van der Waals surface area (Å²) in [4.78, 5) is 18.4. The predicted octanol–water partition coefficient (Wildman–Crippen LogP) is 3.68. The number of carbonyl (C=O) groups excluding carboxylic acids is 1. The van der Waals surface area contributed by atoms with Gasteiger partial charge in [-0.05, 0) is 37.1 Å². The molecule has 110 valence electrons. The molecule has 2 aromatic rings. The van der Waals surface area contributed by atoms with Crippen molar-refractivity contribution in [3.63, 3.8) is 0 Å². The Labute approximate surface area is 136 Å². The number of likely N-dealkylation sites (tertiary alicyclic amines) is 1. The molecule has 1 amide bonds. The molecule has 0 saturated carbocycles. The van der Waals surface area contributed by atoms with Crippen molar-refractivity contribution in [3.8, 4) is 0 Å². The van der Waals surface area contributed by atoms with Crippen molar-refractivity contribution >= 4 is 38.3 Å². The molecule has 1 N–H and O–H groups in total. The van der Waals surface area contributed by atoms with Crippen molar-refractivity contribution in [2.75, 3.05) is 18.4 Å². The van der Waals surface area contributed by atoms with Crippen LogP contribution in [0.25, 0.3) is 0 Å². The molecule has 0 aliphatic carbocycles. The summed E-state index contributed by atoms with van der Waals surface area (Å²) in [7, 11) is 0. The summed E-state index contributed by atoms with van der Waals surface area (Å²) in [6.07, 6.45) is 3.92. The summed E-state index contributed by atoms with van der Waals surface area (Å²) in [5, 5.41) is 5.37. The van der Waals surface area contributed by atoms with E-state index in [-0.39, 0.29) is 5.91 Å². The zero-order valence-corrected chi connectivity index (χ0v) is 13.9. The second-order valence-electron chi connectivity index (χ2n) is 5.07. The minimum atomic E-state index is 0.00634. The molecule has 1 unspecified atom stereocenters. The van der Waals surface area contributed by atoms with Crippen molar-refractivity contribution in [1.82, 2.24) is 9.88 Å². The van der Waals surface area contributed by atoms with Gasteiger partial charge in [0.2, 0.25) is 5.91 Å². The van der Waals surface area contributed by atoms with E-state index in [1.165, 1.54) is 16.9 Å². The molecular formula is C15H16BrN3OS. The van der Waals surface area contributed by atoms with Crippen LogP contribution < -0.4 is 5.32 Å². The second kappa shape index (κ2) is 6.68. The molecule has 21 heavy (non-hydrogen) atoms. The van der Waals surface area contributed by atoms with Gasteiger partial charge < -0.3 is 5.32 Å². The van der Waals surface area contributed by atoms with E-state index in [0.29, 0.717) is 17.7 Å². The Kier molecular flexibility index (Phi) is 4.67. The highest BCUT2D eigenvalue weighted by molar-refractivity contribution is 9.10. The number of nitrogens with zero attached hydrogens (tertiary/aromatic N) is 2. The number of benzene rings is 1. The Hall–Kier alpha value is -1.24. The van der Waals surface area contributed by atoms with Crippen molar-refractivity contribution in [2.45, 2.75) is 18.9 Å². The molecule has 2 heterocycles. The number of hydrogen-bond acceptors (Lipinski definition) is 4. The summed E-state index contributed by atoms with van der Waals surface area (Å²) >= 11 is 4.96. The molecule has 1 aliphatic rings. The standard InChI is InChI=1S/C15H16BrN3OS/c16-12-4-1-3-11(9-12)13-5-2-7-19(13)10-14(20)18-15-17-6-8-21-15/h1,3-4,6,8-9,13H,2,5,7,10H2,(H,17,18,20). The molecule has 1 fully saturated rings. The lowest BCUT2D eigenvalue weighted by molar-refractivity contribution is -0.117. The number of hydrogen-bond donors (Lipinski definition) is 1. The van der Waals surface area contributed by atoms with Crippen LogP contribution in [0.1, 0.15) is 24.4 Å². The Morgan fingerprint density at radius 2 is 2.43 bits per heavy atom. The minimum Gasteiger partial charge on any atom is -0.301 e. The average molecular weight is 366 g/mol. The number of aromatic nitrogens is 1. The Morgan fingerprint density at radius 1 is 1.52 bits per heavy atom. The third kappa shape index (κ3) is 3.70. The van der Waals surface area contributed by atoms with Gasteiger partial charge in [-0.2, -0.15) is 0 Å². The van der Waals surface area contributed by atoms with Gasteiger partial charge in [0, 0.05) is 22.1 Å². The van der Waals surface area contributed by atoms with E-state index in [0.717, 1.165) is 23.9 Å². The first-order chi connectivity index (χ1) is 10.2. The largest absolute Gasteiger partial charge is 0.301 e. The summed E-state index contributed by atoms with van der Waals surface area (Å²) in [6, 6.07) is 8.67. The summed E-state index contributed by atoms with van der Waals surface area (Å²) < 4.78 is 1.08.